The van der Waals surface area contributed by atoms with Crippen molar-refractivity contribution in [2.24, 2.45) is 0 Å². The van der Waals surface area contributed by atoms with Crippen molar-refractivity contribution in [3.63, 3.8) is 0 Å². The van der Waals surface area contributed by atoms with Crippen LogP contribution in [0.25, 0.3) is 0 Å². The van der Waals surface area contributed by atoms with Gasteiger partial charge in [-0.1, -0.05) is 30.3 Å². The number of methoxy groups -OCH3 is 1. The number of thioether (sulfide) groups is 1. The van der Waals surface area contributed by atoms with E-state index in [1.807, 2.05) is 48.2 Å². The van der Waals surface area contributed by atoms with Gasteiger partial charge in [0.05, 0.1) is 25.9 Å². The maximum absolute atomic E-state index is 9.90. The first-order chi connectivity index (χ1) is 13.6. The Kier molecular flexibility index (Phi) is 7.76. The highest BCUT2D eigenvalue weighted by molar-refractivity contribution is 7.99. The first-order valence-electron chi connectivity index (χ1n) is 9.59. The molecule has 0 aliphatic carbocycles. The molecule has 4 unspecified atom stereocenters. The monoisotopic (exact) mass is 404 g/mol. The van der Waals surface area contributed by atoms with Gasteiger partial charge in [-0.05, 0) is 47.9 Å². The summed E-state index contributed by atoms with van der Waals surface area (Å²) in [6.45, 7) is -0.282. The standard InChI is InChI=1S/C15H20O4S.C7H8O/c16-8-13-15(18)11(17)7-12(19-13)9-3-4-14-10(6-9)2-1-5-20-14;1-8-7-5-3-2-4-6-7/h3-4,6,11-13,15-18H,1-2,5,7-8H2;2-6H,1H3. The summed E-state index contributed by atoms with van der Waals surface area (Å²) in [5.41, 5.74) is 2.36. The number of aliphatic hydroxyl groups is 3. The van der Waals surface area contributed by atoms with E-state index in [1.165, 1.54) is 22.6 Å². The minimum atomic E-state index is -1.01. The summed E-state index contributed by atoms with van der Waals surface area (Å²) < 4.78 is 10.6. The van der Waals surface area contributed by atoms with E-state index in [-0.39, 0.29) is 12.7 Å². The Labute approximate surface area is 170 Å². The van der Waals surface area contributed by atoms with Crippen LogP contribution in [0.1, 0.15) is 30.1 Å². The minimum Gasteiger partial charge on any atom is -0.497 e. The fraction of sp³-hybridized carbons (Fsp3) is 0.455. The topological polar surface area (TPSA) is 79.2 Å². The summed E-state index contributed by atoms with van der Waals surface area (Å²) >= 11 is 1.88. The predicted molar refractivity (Wildman–Crippen MR) is 110 cm³/mol. The van der Waals surface area contributed by atoms with Crippen LogP contribution in [0.3, 0.4) is 0 Å². The number of hydrogen-bond acceptors (Lipinski definition) is 6. The average Bonchev–Trinajstić information content (AvgIpc) is 2.76. The van der Waals surface area contributed by atoms with E-state index in [1.54, 1.807) is 7.11 Å². The van der Waals surface area contributed by atoms with E-state index >= 15 is 0 Å². The van der Waals surface area contributed by atoms with Gasteiger partial charge in [-0.2, -0.15) is 0 Å². The van der Waals surface area contributed by atoms with E-state index in [2.05, 4.69) is 12.1 Å². The van der Waals surface area contributed by atoms with Gasteiger partial charge < -0.3 is 24.8 Å². The van der Waals surface area contributed by atoms with Crippen molar-refractivity contribution in [1.29, 1.82) is 0 Å². The van der Waals surface area contributed by atoms with E-state index < -0.39 is 18.3 Å². The Morgan fingerprint density at radius 2 is 1.93 bits per heavy atom. The number of aliphatic hydroxyl groups excluding tert-OH is 3. The van der Waals surface area contributed by atoms with Crippen LogP contribution in [-0.2, 0) is 11.2 Å². The molecule has 3 N–H and O–H groups in total. The lowest BCUT2D eigenvalue weighted by atomic mass is 9.93. The summed E-state index contributed by atoms with van der Waals surface area (Å²) in [6.07, 6.45) is -0.202. The zero-order valence-corrected chi connectivity index (χ0v) is 16.8. The largest absolute Gasteiger partial charge is 0.497 e. The molecule has 2 aliphatic heterocycles. The van der Waals surface area contributed by atoms with Crippen molar-refractivity contribution in [2.45, 2.75) is 48.6 Å². The van der Waals surface area contributed by atoms with Gasteiger partial charge in [0.15, 0.2) is 0 Å². The molecule has 152 valence electrons. The van der Waals surface area contributed by atoms with Gasteiger partial charge >= 0.3 is 0 Å². The smallest absolute Gasteiger partial charge is 0.118 e. The predicted octanol–water partition coefficient (Wildman–Crippen LogP) is 2.96. The van der Waals surface area contributed by atoms with Gasteiger partial charge in [-0.15, -0.1) is 11.8 Å². The fourth-order valence-corrected chi connectivity index (χ4v) is 4.48. The van der Waals surface area contributed by atoms with Crippen LogP contribution in [0.4, 0.5) is 0 Å². The average molecular weight is 405 g/mol. The summed E-state index contributed by atoms with van der Waals surface area (Å²) in [7, 11) is 1.66. The van der Waals surface area contributed by atoms with Crippen molar-refractivity contribution in [1.82, 2.24) is 0 Å². The minimum absolute atomic E-state index is 0.261. The van der Waals surface area contributed by atoms with Crippen LogP contribution in [0.5, 0.6) is 5.75 Å². The molecule has 4 atom stereocenters. The molecular formula is C22H28O5S. The summed E-state index contributed by atoms with van der Waals surface area (Å²) in [5, 5.41) is 28.9. The quantitative estimate of drug-likeness (QED) is 0.730. The van der Waals surface area contributed by atoms with Crippen LogP contribution >= 0.6 is 11.8 Å². The van der Waals surface area contributed by atoms with Crippen LogP contribution in [0.15, 0.2) is 53.4 Å². The van der Waals surface area contributed by atoms with Crippen LogP contribution < -0.4 is 4.74 Å². The lowest BCUT2D eigenvalue weighted by molar-refractivity contribution is -0.181. The molecule has 2 heterocycles. The summed E-state index contributed by atoms with van der Waals surface area (Å²) in [5.74, 6) is 2.08. The Balaban J connectivity index is 0.000000236. The SMILES string of the molecule is COc1ccccc1.OCC1OC(c2ccc3c(c2)CCCS3)CC(O)C1O. The molecule has 0 radical (unpaired) electrons. The number of rotatable bonds is 3. The Morgan fingerprint density at radius 1 is 1.14 bits per heavy atom. The van der Waals surface area contributed by atoms with Gasteiger partial charge in [-0.25, -0.2) is 0 Å². The molecule has 0 aromatic heterocycles. The zero-order chi connectivity index (χ0) is 19.9. The molecule has 0 saturated carbocycles. The zero-order valence-electron chi connectivity index (χ0n) is 16.0. The van der Waals surface area contributed by atoms with Crippen molar-refractivity contribution in [2.75, 3.05) is 19.5 Å². The summed E-state index contributed by atoms with van der Waals surface area (Å²) in [4.78, 5) is 1.33. The molecule has 1 fully saturated rings. The van der Waals surface area contributed by atoms with Crippen molar-refractivity contribution in [3.8, 4) is 5.75 Å². The number of ether oxygens (including phenoxy) is 2. The highest BCUT2D eigenvalue weighted by Crippen LogP contribution is 2.36. The Bertz CT molecular complexity index is 739. The lowest BCUT2D eigenvalue weighted by Crippen LogP contribution is -2.47. The second-order valence-electron chi connectivity index (χ2n) is 6.98. The molecule has 6 heteroatoms. The van der Waals surface area contributed by atoms with Gasteiger partial charge in [0, 0.05) is 11.3 Å². The third-order valence-electron chi connectivity index (χ3n) is 5.03. The number of benzene rings is 2. The molecule has 2 aromatic rings. The molecule has 2 aliphatic rings. The van der Waals surface area contributed by atoms with E-state index in [0.717, 1.165) is 17.7 Å². The van der Waals surface area contributed by atoms with Crippen molar-refractivity contribution < 1.29 is 24.8 Å². The van der Waals surface area contributed by atoms with Crippen molar-refractivity contribution >= 4 is 11.8 Å². The van der Waals surface area contributed by atoms with E-state index in [9.17, 15) is 15.3 Å². The second kappa shape index (κ2) is 10.3. The van der Waals surface area contributed by atoms with E-state index in [0.29, 0.717) is 6.42 Å². The fourth-order valence-electron chi connectivity index (χ4n) is 3.46. The Hall–Kier alpha value is -1.57. The number of fused-ring (bicyclic) bond motifs is 1. The molecule has 4 rings (SSSR count). The molecule has 28 heavy (non-hydrogen) atoms. The van der Waals surface area contributed by atoms with Gasteiger partial charge in [0.2, 0.25) is 0 Å². The highest BCUT2D eigenvalue weighted by atomic mass is 32.2. The third kappa shape index (κ3) is 5.27. The number of aryl methyl sites for hydroxylation is 1. The van der Waals surface area contributed by atoms with E-state index in [4.69, 9.17) is 9.47 Å². The van der Waals surface area contributed by atoms with Crippen molar-refractivity contribution in [3.05, 3.63) is 59.7 Å². The van der Waals surface area contributed by atoms with Crippen LogP contribution in [0, 0.1) is 0 Å². The summed E-state index contributed by atoms with van der Waals surface area (Å²) in [6, 6.07) is 16.0. The number of hydrogen-bond donors (Lipinski definition) is 3. The lowest BCUT2D eigenvalue weighted by Gasteiger charge is -2.36. The normalized spacial score (nSPS) is 26.6. The highest BCUT2D eigenvalue weighted by Gasteiger charge is 2.37. The first kappa shape index (κ1) is 21.1. The number of para-hydroxylation sites is 1. The molecule has 1 saturated heterocycles. The van der Waals surface area contributed by atoms with Gasteiger partial charge in [-0.3, -0.25) is 0 Å². The third-order valence-corrected chi connectivity index (χ3v) is 6.24. The first-order valence-corrected chi connectivity index (χ1v) is 10.6. The van der Waals surface area contributed by atoms with Gasteiger partial charge in [0.25, 0.3) is 0 Å². The molecule has 0 bridgehead atoms. The molecular weight excluding hydrogens is 376 g/mol. The van der Waals surface area contributed by atoms with Crippen LogP contribution in [0.2, 0.25) is 0 Å². The molecule has 2 aromatic carbocycles. The molecule has 0 spiro atoms. The Morgan fingerprint density at radius 3 is 2.61 bits per heavy atom. The molecule has 5 nitrogen and oxygen atoms in total. The second-order valence-corrected chi connectivity index (χ2v) is 8.11. The maximum Gasteiger partial charge on any atom is 0.118 e. The van der Waals surface area contributed by atoms with Gasteiger partial charge in [0.1, 0.15) is 18.0 Å². The maximum atomic E-state index is 9.90. The molecule has 0 amide bonds. The van der Waals surface area contributed by atoms with Crippen LogP contribution in [-0.4, -0.2) is 53.1 Å².